The lowest BCUT2D eigenvalue weighted by Crippen LogP contribution is -2.45. The molecule has 1 aromatic heterocycles. The second-order valence-electron chi connectivity index (χ2n) is 9.23. The van der Waals surface area contributed by atoms with Crippen LogP contribution in [-0.4, -0.2) is 34.0 Å². The van der Waals surface area contributed by atoms with Gasteiger partial charge in [0.15, 0.2) is 0 Å². The largest absolute Gasteiger partial charge is 0.329 e. The highest BCUT2D eigenvalue weighted by Crippen LogP contribution is 2.52. The Kier molecular flexibility index (Phi) is 4.38. The molecule has 154 valence electrons. The van der Waals surface area contributed by atoms with Crippen molar-refractivity contribution in [2.75, 3.05) is 13.1 Å². The van der Waals surface area contributed by atoms with E-state index in [0.717, 1.165) is 36.5 Å². The number of carbonyl (C=O) groups is 2. The van der Waals surface area contributed by atoms with Gasteiger partial charge in [0, 0.05) is 13.5 Å². The van der Waals surface area contributed by atoms with Crippen LogP contribution in [0.25, 0.3) is 11.0 Å². The fourth-order valence-electron chi connectivity index (χ4n) is 5.77. The molecule has 0 bridgehead atoms. The summed E-state index contributed by atoms with van der Waals surface area (Å²) in [7, 11) is 1.75. The number of piperidine rings is 2. The third-order valence-electron chi connectivity index (χ3n) is 7.31. The van der Waals surface area contributed by atoms with Crippen molar-refractivity contribution in [1.82, 2.24) is 19.8 Å². The molecular formula is C22H28N4O3. The van der Waals surface area contributed by atoms with Crippen LogP contribution in [-0.2, 0) is 23.1 Å². The zero-order chi connectivity index (χ0) is 20.2. The standard InChI is InChI=1S/C22H28N4O3/c1-25-18-11-14(10-15-12-22(13-15)6-8-23-9-7-22)2-3-16(18)26(21(25)29)17-4-5-19(27)24-20(17)28/h2-3,11,15,17,23H,4-10,12-13H2,1H3,(H,24,27,28). The number of imidazole rings is 1. The van der Waals surface area contributed by atoms with Crippen LogP contribution in [0.5, 0.6) is 0 Å². The van der Waals surface area contributed by atoms with Crippen LogP contribution in [0.2, 0.25) is 0 Å². The summed E-state index contributed by atoms with van der Waals surface area (Å²) in [6.45, 7) is 2.29. The lowest BCUT2D eigenvalue weighted by atomic mass is 9.56. The predicted molar refractivity (Wildman–Crippen MR) is 110 cm³/mol. The SMILES string of the molecule is Cn1c(=O)n(C2CCC(=O)NC2=O)c2ccc(CC3CC4(CCNCC4)C3)cc21. The summed E-state index contributed by atoms with van der Waals surface area (Å²) >= 11 is 0. The monoisotopic (exact) mass is 396 g/mol. The van der Waals surface area contributed by atoms with E-state index in [0.29, 0.717) is 11.8 Å². The van der Waals surface area contributed by atoms with Gasteiger partial charge >= 0.3 is 5.69 Å². The smallest absolute Gasteiger partial charge is 0.317 e. The van der Waals surface area contributed by atoms with Crippen molar-refractivity contribution in [2.24, 2.45) is 18.4 Å². The average molecular weight is 396 g/mol. The summed E-state index contributed by atoms with van der Waals surface area (Å²) in [5.74, 6) is 0.0651. The number of aromatic nitrogens is 2. The molecule has 5 rings (SSSR count). The molecule has 3 fully saturated rings. The van der Waals surface area contributed by atoms with Crippen molar-refractivity contribution in [3.05, 3.63) is 34.2 Å². The van der Waals surface area contributed by atoms with Crippen molar-refractivity contribution in [3.8, 4) is 0 Å². The molecule has 1 atom stereocenters. The Morgan fingerprint density at radius 2 is 1.86 bits per heavy atom. The third-order valence-corrected chi connectivity index (χ3v) is 7.31. The molecule has 2 aliphatic heterocycles. The van der Waals surface area contributed by atoms with Gasteiger partial charge in [-0.2, -0.15) is 0 Å². The number of imide groups is 1. The molecule has 2 saturated heterocycles. The van der Waals surface area contributed by atoms with E-state index in [9.17, 15) is 14.4 Å². The van der Waals surface area contributed by atoms with Crippen molar-refractivity contribution in [3.63, 3.8) is 0 Å². The van der Waals surface area contributed by atoms with Crippen molar-refractivity contribution < 1.29 is 9.59 Å². The van der Waals surface area contributed by atoms with Gasteiger partial charge in [-0.3, -0.25) is 24.0 Å². The number of nitrogens with one attached hydrogen (secondary N) is 2. The summed E-state index contributed by atoms with van der Waals surface area (Å²) in [6, 6.07) is 5.54. The fraction of sp³-hybridized carbons (Fsp3) is 0.591. The molecule has 7 nitrogen and oxygen atoms in total. The van der Waals surface area contributed by atoms with Crippen LogP contribution in [0.4, 0.5) is 0 Å². The maximum Gasteiger partial charge on any atom is 0.329 e. The molecule has 1 aromatic carbocycles. The minimum atomic E-state index is -0.624. The van der Waals surface area contributed by atoms with Gasteiger partial charge in [-0.1, -0.05) is 6.07 Å². The second-order valence-corrected chi connectivity index (χ2v) is 9.23. The van der Waals surface area contributed by atoms with E-state index in [2.05, 4.69) is 22.8 Å². The van der Waals surface area contributed by atoms with E-state index >= 15 is 0 Å². The maximum atomic E-state index is 12.9. The van der Waals surface area contributed by atoms with Crippen molar-refractivity contribution in [1.29, 1.82) is 0 Å². The van der Waals surface area contributed by atoms with Crippen LogP contribution in [0.3, 0.4) is 0 Å². The zero-order valence-corrected chi connectivity index (χ0v) is 16.9. The summed E-state index contributed by atoms with van der Waals surface area (Å²) in [5.41, 5.74) is 3.24. The van der Waals surface area contributed by atoms with E-state index in [1.54, 1.807) is 16.2 Å². The maximum absolute atomic E-state index is 12.9. The summed E-state index contributed by atoms with van der Waals surface area (Å²) in [4.78, 5) is 36.7. The number of rotatable bonds is 3. The summed E-state index contributed by atoms with van der Waals surface area (Å²) in [6.07, 6.45) is 6.88. The van der Waals surface area contributed by atoms with Crippen molar-refractivity contribution in [2.45, 2.75) is 51.0 Å². The molecule has 2 aromatic rings. The van der Waals surface area contributed by atoms with Gasteiger partial charge in [0.2, 0.25) is 11.8 Å². The zero-order valence-electron chi connectivity index (χ0n) is 16.9. The van der Waals surface area contributed by atoms with Gasteiger partial charge in [-0.15, -0.1) is 0 Å². The first-order valence-electron chi connectivity index (χ1n) is 10.7. The van der Waals surface area contributed by atoms with Gasteiger partial charge in [-0.25, -0.2) is 4.79 Å². The number of benzene rings is 1. The Hall–Kier alpha value is -2.41. The quantitative estimate of drug-likeness (QED) is 0.773. The lowest BCUT2D eigenvalue weighted by Gasteiger charge is -2.50. The number of aryl methyl sites for hydroxylation is 1. The highest BCUT2D eigenvalue weighted by molar-refractivity contribution is 6.00. The Bertz CT molecular complexity index is 1040. The molecule has 7 heteroatoms. The van der Waals surface area contributed by atoms with Gasteiger partial charge in [0.05, 0.1) is 11.0 Å². The van der Waals surface area contributed by atoms with Gasteiger partial charge in [0.25, 0.3) is 0 Å². The van der Waals surface area contributed by atoms with E-state index in [4.69, 9.17) is 0 Å². The van der Waals surface area contributed by atoms with E-state index in [1.807, 2.05) is 6.07 Å². The third kappa shape index (κ3) is 3.12. The number of hydrogen-bond acceptors (Lipinski definition) is 4. The molecule has 1 aliphatic carbocycles. The van der Waals surface area contributed by atoms with Crippen molar-refractivity contribution >= 4 is 22.8 Å². The first-order chi connectivity index (χ1) is 14.0. The molecule has 1 spiro atoms. The van der Waals surface area contributed by atoms with E-state index in [-0.39, 0.29) is 23.9 Å². The molecular weight excluding hydrogens is 368 g/mol. The predicted octanol–water partition coefficient (Wildman–Crippen LogP) is 1.64. The van der Waals surface area contributed by atoms with Crippen LogP contribution in [0, 0.1) is 11.3 Å². The van der Waals surface area contributed by atoms with Crippen LogP contribution < -0.4 is 16.3 Å². The van der Waals surface area contributed by atoms with Crippen LogP contribution in [0.1, 0.15) is 50.1 Å². The topological polar surface area (TPSA) is 85.1 Å². The first kappa shape index (κ1) is 18.6. The summed E-state index contributed by atoms with van der Waals surface area (Å²) in [5, 5.41) is 5.82. The van der Waals surface area contributed by atoms with E-state index < -0.39 is 6.04 Å². The minimum absolute atomic E-state index is 0.205. The van der Waals surface area contributed by atoms with Crippen LogP contribution >= 0.6 is 0 Å². The normalized spacial score (nSPS) is 24.7. The Morgan fingerprint density at radius 3 is 2.59 bits per heavy atom. The molecule has 3 heterocycles. The fourth-order valence-corrected chi connectivity index (χ4v) is 5.77. The molecule has 29 heavy (non-hydrogen) atoms. The average Bonchev–Trinajstić information content (AvgIpc) is 2.92. The molecule has 2 amide bonds. The van der Waals surface area contributed by atoms with Gasteiger partial charge in [0.1, 0.15) is 6.04 Å². The lowest BCUT2D eigenvalue weighted by molar-refractivity contribution is -0.135. The molecule has 1 unspecified atom stereocenters. The summed E-state index contributed by atoms with van der Waals surface area (Å²) < 4.78 is 3.17. The second kappa shape index (κ2) is 6.83. The number of hydrogen-bond donors (Lipinski definition) is 2. The number of nitrogens with zero attached hydrogens (tertiary/aromatic N) is 2. The van der Waals surface area contributed by atoms with Crippen LogP contribution in [0.15, 0.2) is 23.0 Å². The van der Waals surface area contributed by atoms with Gasteiger partial charge in [-0.05, 0) is 80.6 Å². The molecule has 2 N–H and O–H groups in total. The highest BCUT2D eigenvalue weighted by atomic mass is 16.2. The number of amides is 2. The molecule has 1 saturated carbocycles. The molecule has 3 aliphatic rings. The minimum Gasteiger partial charge on any atom is -0.317 e. The molecule has 0 radical (unpaired) electrons. The number of fused-ring (bicyclic) bond motifs is 1. The van der Waals surface area contributed by atoms with E-state index in [1.165, 1.54) is 31.2 Å². The highest BCUT2D eigenvalue weighted by Gasteiger charge is 2.44. The first-order valence-corrected chi connectivity index (χ1v) is 10.7. The Labute approximate surface area is 169 Å². The Morgan fingerprint density at radius 1 is 1.10 bits per heavy atom. The number of carbonyl (C=O) groups excluding carboxylic acids is 2. The Balaban J connectivity index is 1.39. The van der Waals surface area contributed by atoms with Gasteiger partial charge < -0.3 is 5.32 Å².